The summed E-state index contributed by atoms with van der Waals surface area (Å²) in [4.78, 5) is 36.0. The topological polar surface area (TPSA) is 122 Å². The number of rotatable bonds is 6. The summed E-state index contributed by atoms with van der Waals surface area (Å²) < 4.78 is 5.17. The third-order valence-electron chi connectivity index (χ3n) is 3.66. The van der Waals surface area contributed by atoms with Crippen LogP contribution in [0.25, 0.3) is 0 Å². The Labute approximate surface area is 149 Å². The van der Waals surface area contributed by atoms with Gasteiger partial charge in [0.25, 0.3) is 5.69 Å². The highest BCUT2D eigenvalue weighted by atomic mass is 16.6. The third kappa shape index (κ3) is 3.66. The van der Waals surface area contributed by atoms with Gasteiger partial charge in [0.2, 0.25) is 0 Å². The molecule has 9 nitrogen and oxygen atoms in total. The lowest BCUT2D eigenvalue weighted by atomic mass is 10.1. The number of nitrogens with one attached hydrogen (secondary N) is 1. The highest BCUT2D eigenvalue weighted by molar-refractivity contribution is 6.02. The molecule has 1 aromatic rings. The van der Waals surface area contributed by atoms with E-state index < -0.39 is 16.9 Å². The van der Waals surface area contributed by atoms with Crippen molar-refractivity contribution >= 4 is 23.3 Å². The second-order valence-electron chi connectivity index (χ2n) is 5.63. The number of nitrogens with zero attached hydrogens (tertiary/aromatic N) is 2. The molecule has 0 aromatic heterocycles. The zero-order chi connectivity index (χ0) is 19.4. The standard InChI is InChI=1S/C17H19N3O6/c1-4-8-26-17(23)15-11(3)18-10(2)14(16(21)22)19(15)12-6-5-7-13(9-12)20(24)25/h5-7,9,18H,4,8H2,1-3H3,(H,21,22). The van der Waals surface area contributed by atoms with E-state index in [4.69, 9.17) is 4.74 Å². The second-order valence-corrected chi connectivity index (χ2v) is 5.63. The molecule has 0 aliphatic carbocycles. The molecule has 0 radical (unpaired) electrons. The van der Waals surface area contributed by atoms with Crippen LogP contribution in [0.15, 0.2) is 47.1 Å². The zero-order valence-corrected chi connectivity index (χ0v) is 14.6. The number of nitro groups is 1. The Morgan fingerprint density at radius 1 is 1.27 bits per heavy atom. The Bertz CT molecular complexity index is 828. The van der Waals surface area contributed by atoms with Crippen LogP contribution in [0, 0.1) is 10.1 Å². The highest BCUT2D eigenvalue weighted by Gasteiger charge is 2.35. The van der Waals surface area contributed by atoms with E-state index in [0.717, 1.165) is 0 Å². The molecule has 0 amide bonds. The minimum Gasteiger partial charge on any atom is -0.477 e. The van der Waals surface area contributed by atoms with E-state index in [1.165, 1.54) is 29.2 Å². The Balaban J connectivity index is 2.64. The Morgan fingerprint density at radius 2 is 1.92 bits per heavy atom. The minimum absolute atomic E-state index is 0.0260. The molecule has 0 saturated heterocycles. The van der Waals surface area contributed by atoms with E-state index in [-0.39, 0.29) is 29.4 Å². The first-order chi connectivity index (χ1) is 12.3. The van der Waals surface area contributed by atoms with Gasteiger partial charge in [-0.1, -0.05) is 13.0 Å². The average molecular weight is 361 g/mol. The number of aliphatic carboxylic acids is 1. The number of carboxylic acid groups (broad SMARTS) is 1. The van der Waals surface area contributed by atoms with Crippen molar-refractivity contribution in [3.8, 4) is 0 Å². The quantitative estimate of drug-likeness (QED) is 0.450. The van der Waals surface area contributed by atoms with Crippen molar-refractivity contribution in [2.24, 2.45) is 0 Å². The van der Waals surface area contributed by atoms with Crippen molar-refractivity contribution < 1.29 is 24.4 Å². The van der Waals surface area contributed by atoms with Crippen molar-refractivity contribution in [3.63, 3.8) is 0 Å². The number of benzene rings is 1. The number of allylic oxidation sites excluding steroid dienone is 2. The predicted octanol–water partition coefficient (Wildman–Crippen LogP) is 2.51. The first kappa shape index (κ1) is 19.0. The molecule has 0 bridgehead atoms. The molecule has 1 aliphatic rings. The van der Waals surface area contributed by atoms with Gasteiger partial charge in [-0.2, -0.15) is 0 Å². The summed E-state index contributed by atoms with van der Waals surface area (Å²) in [6.45, 7) is 5.16. The van der Waals surface area contributed by atoms with Crippen molar-refractivity contribution in [1.82, 2.24) is 5.32 Å². The maximum absolute atomic E-state index is 12.5. The number of hydrogen-bond acceptors (Lipinski definition) is 7. The number of ether oxygens (including phenoxy) is 1. The molecular weight excluding hydrogens is 342 g/mol. The van der Waals surface area contributed by atoms with Crippen LogP contribution in [-0.2, 0) is 14.3 Å². The highest BCUT2D eigenvalue weighted by Crippen LogP contribution is 2.33. The summed E-state index contributed by atoms with van der Waals surface area (Å²) in [6.07, 6.45) is 0.600. The van der Waals surface area contributed by atoms with Gasteiger partial charge < -0.3 is 15.2 Å². The predicted molar refractivity (Wildman–Crippen MR) is 93.0 cm³/mol. The molecule has 9 heteroatoms. The number of carbonyl (C=O) groups is 2. The van der Waals surface area contributed by atoms with Gasteiger partial charge in [-0.25, -0.2) is 9.59 Å². The molecule has 138 valence electrons. The molecule has 26 heavy (non-hydrogen) atoms. The monoisotopic (exact) mass is 361 g/mol. The van der Waals surface area contributed by atoms with Gasteiger partial charge >= 0.3 is 11.9 Å². The maximum atomic E-state index is 12.5. The Hall–Kier alpha value is -3.36. The number of non-ortho nitro benzene ring substituents is 1. The fourth-order valence-electron chi connectivity index (χ4n) is 2.61. The van der Waals surface area contributed by atoms with Crippen molar-refractivity contribution in [1.29, 1.82) is 0 Å². The summed E-state index contributed by atoms with van der Waals surface area (Å²) >= 11 is 0. The zero-order valence-electron chi connectivity index (χ0n) is 14.6. The number of carboxylic acids is 1. The lowest BCUT2D eigenvalue weighted by Crippen LogP contribution is -2.40. The number of hydrogen-bond donors (Lipinski definition) is 2. The number of carbonyl (C=O) groups excluding carboxylic acids is 1. The number of nitro benzene ring substituents is 1. The molecule has 1 heterocycles. The SMILES string of the molecule is CCCOC(=O)C1=C(C)NC(C)=C(C(=O)O)N1c1cccc([N+](=O)[O-])c1. The van der Waals surface area contributed by atoms with Gasteiger partial charge in [0, 0.05) is 23.5 Å². The van der Waals surface area contributed by atoms with Gasteiger partial charge in [-0.05, 0) is 26.3 Å². The maximum Gasteiger partial charge on any atom is 0.357 e. The molecule has 0 spiro atoms. The average Bonchev–Trinajstić information content (AvgIpc) is 2.58. The molecule has 1 aliphatic heterocycles. The molecule has 0 unspecified atom stereocenters. The van der Waals surface area contributed by atoms with E-state index in [2.05, 4.69) is 5.32 Å². The van der Waals surface area contributed by atoms with Crippen LogP contribution in [0.4, 0.5) is 11.4 Å². The van der Waals surface area contributed by atoms with E-state index in [0.29, 0.717) is 17.8 Å². The van der Waals surface area contributed by atoms with Crippen LogP contribution >= 0.6 is 0 Å². The van der Waals surface area contributed by atoms with Crippen LogP contribution in [0.3, 0.4) is 0 Å². The lowest BCUT2D eigenvalue weighted by Gasteiger charge is -2.33. The van der Waals surface area contributed by atoms with Gasteiger partial charge in [0.05, 0.1) is 17.2 Å². The fraction of sp³-hybridized carbons (Fsp3) is 0.294. The van der Waals surface area contributed by atoms with Crippen molar-refractivity contribution in [2.45, 2.75) is 27.2 Å². The fourth-order valence-corrected chi connectivity index (χ4v) is 2.61. The molecule has 0 fully saturated rings. The summed E-state index contributed by atoms with van der Waals surface area (Å²) in [6, 6.07) is 5.42. The molecule has 0 atom stereocenters. The van der Waals surface area contributed by atoms with Crippen LogP contribution in [0.5, 0.6) is 0 Å². The van der Waals surface area contributed by atoms with Gasteiger partial charge in [-0.15, -0.1) is 0 Å². The van der Waals surface area contributed by atoms with Gasteiger partial charge in [-0.3, -0.25) is 15.0 Å². The molecule has 1 aromatic carbocycles. The summed E-state index contributed by atoms with van der Waals surface area (Å²) in [5.41, 5.74) is 0.415. The summed E-state index contributed by atoms with van der Waals surface area (Å²) in [5.74, 6) is -2.00. The smallest absolute Gasteiger partial charge is 0.357 e. The van der Waals surface area contributed by atoms with Crippen LogP contribution in [0.1, 0.15) is 27.2 Å². The molecule has 2 N–H and O–H groups in total. The molecule has 2 rings (SSSR count). The van der Waals surface area contributed by atoms with Crippen LogP contribution in [-0.4, -0.2) is 28.6 Å². The van der Waals surface area contributed by atoms with E-state index in [1.54, 1.807) is 13.8 Å². The normalized spacial score (nSPS) is 14.2. The van der Waals surface area contributed by atoms with Gasteiger partial charge in [0.15, 0.2) is 11.4 Å². The van der Waals surface area contributed by atoms with Gasteiger partial charge in [0.1, 0.15) is 0 Å². The molecular formula is C17H19N3O6. The summed E-state index contributed by atoms with van der Waals surface area (Å²) in [5, 5.41) is 23.6. The van der Waals surface area contributed by atoms with Crippen molar-refractivity contribution in [2.75, 3.05) is 11.5 Å². The van der Waals surface area contributed by atoms with Crippen LogP contribution < -0.4 is 10.2 Å². The second kappa shape index (κ2) is 7.68. The lowest BCUT2D eigenvalue weighted by molar-refractivity contribution is -0.384. The first-order valence-electron chi connectivity index (χ1n) is 7.91. The van der Waals surface area contributed by atoms with E-state index in [1.807, 2.05) is 6.92 Å². The Kier molecular flexibility index (Phi) is 5.61. The van der Waals surface area contributed by atoms with Crippen molar-refractivity contribution in [3.05, 3.63) is 57.2 Å². The minimum atomic E-state index is -1.28. The largest absolute Gasteiger partial charge is 0.477 e. The van der Waals surface area contributed by atoms with E-state index >= 15 is 0 Å². The third-order valence-corrected chi connectivity index (χ3v) is 3.66. The summed E-state index contributed by atoms with van der Waals surface area (Å²) in [7, 11) is 0. The van der Waals surface area contributed by atoms with E-state index in [9.17, 15) is 24.8 Å². The van der Waals surface area contributed by atoms with Crippen LogP contribution in [0.2, 0.25) is 0 Å². The number of anilines is 1. The number of esters is 1. The molecule has 0 saturated carbocycles. The Morgan fingerprint density at radius 3 is 2.50 bits per heavy atom. The first-order valence-corrected chi connectivity index (χ1v) is 7.91.